The van der Waals surface area contributed by atoms with E-state index in [1.165, 1.54) is 32.0 Å². The first-order valence-corrected chi connectivity index (χ1v) is 10.6. The molecule has 0 saturated heterocycles. The number of carbonyl (C=O) groups is 5. The van der Waals surface area contributed by atoms with E-state index in [4.69, 9.17) is 10.8 Å². The minimum absolute atomic E-state index is 0.0129. The summed E-state index contributed by atoms with van der Waals surface area (Å²) in [5, 5.41) is 25.1. The van der Waals surface area contributed by atoms with Crippen molar-refractivity contribution in [3.63, 3.8) is 0 Å². The predicted molar refractivity (Wildman–Crippen MR) is 119 cm³/mol. The minimum Gasteiger partial charge on any atom is -0.481 e. The second-order valence-electron chi connectivity index (χ2n) is 7.79. The molecular weight excluding hydrogens is 464 g/mol. The van der Waals surface area contributed by atoms with Crippen LogP contribution in [0.5, 0.6) is 0 Å². The first-order chi connectivity index (χ1) is 16.6. The molecule has 4 atom stereocenters. The third-order valence-corrected chi connectivity index (χ3v) is 4.96. The maximum Gasteiger partial charge on any atom is 0.326 e. The maximum atomic E-state index is 12.9. The first kappa shape index (κ1) is 27.0. The topological polar surface area (TPSA) is 245 Å². The zero-order valence-electron chi connectivity index (χ0n) is 18.9. The van der Waals surface area contributed by atoms with E-state index in [1.54, 1.807) is 0 Å². The highest BCUT2D eigenvalue weighted by atomic mass is 16.4. The molecule has 3 amide bonds. The second-order valence-corrected chi connectivity index (χ2v) is 7.79. The average Bonchev–Trinajstić information content (AvgIpc) is 3.49. The highest BCUT2D eigenvalue weighted by Gasteiger charge is 2.29. The molecule has 0 aliphatic heterocycles. The zero-order valence-corrected chi connectivity index (χ0v) is 18.9. The van der Waals surface area contributed by atoms with Crippen LogP contribution < -0.4 is 21.7 Å². The molecular formula is C20H28N8O7. The van der Waals surface area contributed by atoms with Gasteiger partial charge in [-0.2, -0.15) is 0 Å². The van der Waals surface area contributed by atoms with Crippen LogP contribution in [0.3, 0.4) is 0 Å². The van der Waals surface area contributed by atoms with Crippen LogP contribution in [0.25, 0.3) is 0 Å². The van der Waals surface area contributed by atoms with Crippen molar-refractivity contribution in [1.82, 2.24) is 35.9 Å². The summed E-state index contributed by atoms with van der Waals surface area (Å²) in [6.07, 6.45) is 5.19. The number of carboxylic acid groups (broad SMARTS) is 2. The summed E-state index contributed by atoms with van der Waals surface area (Å²) in [7, 11) is 0. The SMILES string of the molecule is CC(NC(=O)C(Cc1cnc[nH]1)NC(=O)C(N)Cc1cnc[nH]1)C(=O)NC(CCC(=O)O)C(=O)O. The molecule has 9 N–H and O–H groups in total. The van der Waals surface area contributed by atoms with Crippen molar-refractivity contribution in [3.8, 4) is 0 Å². The number of aromatic amines is 2. The van der Waals surface area contributed by atoms with Crippen LogP contribution in [-0.2, 0) is 36.8 Å². The largest absolute Gasteiger partial charge is 0.481 e. The van der Waals surface area contributed by atoms with Gasteiger partial charge in [0, 0.05) is 43.0 Å². The van der Waals surface area contributed by atoms with Crippen LogP contribution in [0.4, 0.5) is 0 Å². The monoisotopic (exact) mass is 492 g/mol. The number of nitrogens with two attached hydrogens (primary N) is 1. The molecule has 4 unspecified atom stereocenters. The molecule has 35 heavy (non-hydrogen) atoms. The molecule has 0 aromatic carbocycles. The number of carbonyl (C=O) groups excluding carboxylic acids is 3. The third kappa shape index (κ3) is 8.88. The lowest BCUT2D eigenvalue weighted by Crippen LogP contribution is -2.57. The van der Waals surface area contributed by atoms with E-state index in [1.807, 2.05) is 0 Å². The van der Waals surface area contributed by atoms with Gasteiger partial charge >= 0.3 is 11.9 Å². The number of H-pyrrole nitrogens is 2. The average molecular weight is 492 g/mol. The first-order valence-electron chi connectivity index (χ1n) is 10.6. The summed E-state index contributed by atoms with van der Waals surface area (Å²) in [6.45, 7) is 1.32. The number of amides is 3. The summed E-state index contributed by atoms with van der Waals surface area (Å²) in [6, 6.07) is -4.75. The van der Waals surface area contributed by atoms with Crippen molar-refractivity contribution in [2.45, 2.75) is 56.8 Å². The van der Waals surface area contributed by atoms with Gasteiger partial charge in [-0.05, 0) is 13.3 Å². The number of carboxylic acids is 2. The molecule has 2 rings (SSSR count). The quantitative estimate of drug-likeness (QED) is 0.140. The van der Waals surface area contributed by atoms with Crippen molar-refractivity contribution in [1.29, 1.82) is 0 Å². The fourth-order valence-electron chi connectivity index (χ4n) is 3.03. The standard InChI is InChI=1S/C20H28N8O7/c1-10(17(31)27-14(20(34)35)2-3-16(29)30)26-19(33)15(5-12-7-23-9-25-12)28-18(32)13(21)4-11-6-22-8-24-11/h6-10,13-15H,2-5,21H2,1H3,(H,22,24)(H,23,25)(H,26,33)(H,27,31)(H,28,32)(H,29,30)(H,34,35). The van der Waals surface area contributed by atoms with Gasteiger partial charge < -0.3 is 41.9 Å². The molecule has 2 aromatic heterocycles. The van der Waals surface area contributed by atoms with E-state index in [0.29, 0.717) is 11.4 Å². The van der Waals surface area contributed by atoms with E-state index in [0.717, 1.165) is 0 Å². The second kappa shape index (κ2) is 12.8. The fraction of sp³-hybridized carbons (Fsp3) is 0.450. The van der Waals surface area contributed by atoms with Gasteiger partial charge in [-0.1, -0.05) is 0 Å². The van der Waals surface area contributed by atoms with Crippen molar-refractivity contribution in [2.75, 3.05) is 0 Å². The number of nitrogens with one attached hydrogen (secondary N) is 5. The summed E-state index contributed by atoms with van der Waals surface area (Å²) in [5.74, 6) is -4.79. The third-order valence-electron chi connectivity index (χ3n) is 4.96. The summed E-state index contributed by atoms with van der Waals surface area (Å²) in [4.78, 5) is 73.3. The number of rotatable bonds is 14. The van der Waals surface area contributed by atoms with Crippen LogP contribution >= 0.6 is 0 Å². The highest BCUT2D eigenvalue weighted by molar-refractivity contribution is 5.94. The summed E-state index contributed by atoms with van der Waals surface area (Å²) in [5.41, 5.74) is 7.10. The molecule has 2 heterocycles. The van der Waals surface area contributed by atoms with E-state index < -0.39 is 60.2 Å². The lowest BCUT2D eigenvalue weighted by atomic mass is 10.1. The molecule has 0 fully saturated rings. The lowest BCUT2D eigenvalue weighted by molar-refractivity contribution is -0.143. The number of nitrogens with zero attached hydrogens (tertiary/aromatic N) is 2. The molecule has 0 saturated carbocycles. The Kier molecular flexibility index (Phi) is 9.89. The smallest absolute Gasteiger partial charge is 0.326 e. The van der Waals surface area contributed by atoms with Crippen LogP contribution in [-0.4, -0.2) is 84.0 Å². The van der Waals surface area contributed by atoms with Crippen molar-refractivity contribution in [2.24, 2.45) is 5.73 Å². The maximum absolute atomic E-state index is 12.9. The molecule has 15 nitrogen and oxygen atoms in total. The molecule has 0 radical (unpaired) electrons. The molecule has 2 aromatic rings. The zero-order chi connectivity index (χ0) is 26.0. The van der Waals surface area contributed by atoms with Crippen molar-refractivity contribution >= 4 is 29.7 Å². The van der Waals surface area contributed by atoms with E-state index in [9.17, 15) is 29.1 Å². The number of aromatic nitrogens is 4. The van der Waals surface area contributed by atoms with Gasteiger partial charge in [-0.25, -0.2) is 14.8 Å². The normalized spacial score (nSPS) is 14.2. The Morgan fingerprint density at radius 2 is 1.46 bits per heavy atom. The fourth-order valence-corrected chi connectivity index (χ4v) is 3.03. The molecule has 190 valence electrons. The van der Waals surface area contributed by atoms with Gasteiger partial charge in [-0.3, -0.25) is 19.2 Å². The van der Waals surface area contributed by atoms with Crippen molar-refractivity contribution < 1.29 is 34.2 Å². The Labute approximate surface area is 199 Å². The van der Waals surface area contributed by atoms with E-state index in [-0.39, 0.29) is 19.3 Å². The number of aliphatic carboxylic acids is 2. The Morgan fingerprint density at radius 3 is 1.97 bits per heavy atom. The van der Waals surface area contributed by atoms with Crippen LogP contribution in [0.15, 0.2) is 25.0 Å². The summed E-state index contributed by atoms with van der Waals surface area (Å²) >= 11 is 0. The number of hydrogen-bond donors (Lipinski definition) is 8. The van der Waals surface area contributed by atoms with Gasteiger partial charge in [0.1, 0.15) is 18.1 Å². The van der Waals surface area contributed by atoms with Crippen molar-refractivity contribution in [3.05, 3.63) is 36.4 Å². The van der Waals surface area contributed by atoms with E-state index in [2.05, 4.69) is 35.9 Å². The molecule has 0 bridgehead atoms. The number of imidazole rings is 2. The van der Waals surface area contributed by atoms with Gasteiger partial charge in [0.25, 0.3) is 0 Å². The Bertz CT molecular complexity index is 1010. The molecule has 0 aliphatic rings. The highest BCUT2D eigenvalue weighted by Crippen LogP contribution is 2.03. The summed E-state index contributed by atoms with van der Waals surface area (Å²) < 4.78 is 0. The van der Waals surface area contributed by atoms with Crippen LogP contribution in [0.1, 0.15) is 31.2 Å². The van der Waals surface area contributed by atoms with E-state index >= 15 is 0 Å². The van der Waals surface area contributed by atoms with Gasteiger partial charge in [-0.15, -0.1) is 0 Å². The Hall–Kier alpha value is -4.27. The van der Waals surface area contributed by atoms with Gasteiger partial charge in [0.05, 0.1) is 18.7 Å². The minimum atomic E-state index is -1.45. The molecule has 0 aliphatic carbocycles. The number of hydrogen-bond acceptors (Lipinski definition) is 8. The van der Waals surface area contributed by atoms with Gasteiger partial charge in [0.2, 0.25) is 17.7 Å². The molecule has 15 heteroatoms. The Morgan fingerprint density at radius 1 is 0.886 bits per heavy atom. The van der Waals surface area contributed by atoms with Crippen LogP contribution in [0.2, 0.25) is 0 Å². The predicted octanol–water partition coefficient (Wildman–Crippen LogP) is -2.33. The molecule has 0 spiro atoms. The van der Waals surface area contributed by atoms with Gasteiger partial charge in [0.15, 0.2) is 0 Å². The van der Waals surface area contributed by atoms with Crippen LogP contribution in [0, 0.1) is 0 Å². The Balaban J connectivity index is 2.02. The lowest BCUT2D eigenvalue weighted by Gasteiger charge is -2.23.